The zero-order valence-electron chi connectivity index (χ0n) is 23.5. The Morgan fingerprint density at radius 2 is 1.77 bits per heavy atom. The molecule has 1 amide bonds. The van der Waals surface area contributed by atoms with Gasteiger partial charge in [0.2, 0.25) is 5.91 Å². The molecular formula is C31H27FN8O3S. The largest absolute Gasteiger partial charge is 0.352 e. The van der Waals surface area contributed by atoms with E-state index in [-0.39, 0.29) is 17.4 Å². The number of nitrogens with one attached hydrogen (secondary N) is 3. The molecular weight excluding hydrogens is 583 g/mol. The van der Waals surface area contributed by atoms with Crippen LogP contribution < -0.4 is 11.1 Å². The molecule has 5 heterocycles. The fourth-order valence-corrected chi connectivity index (χ4v) is 6.07. The van der Waals surface area contributed by atoms with Gasteiger partial charge >= 0.3 is 0 Å². The Kier molecular flexibility index (Phi) is 6.70. The second kappa shape index (κ2) is 10.6. The van der Waals surface area contributed by atoms with E-state index in [1.165, 1.54) is 6.07 Å². The minimum atomic E-state index is -3.65. The van der Waals surface area contributed by atoms with Gasteiger partial charge in [-0.15, -0.1) is 0 Å². The fourth-order valence-electron chi connectivity index (χ4n) is 5.44. The van der Waals surface area contributed by atoms with Crippen LogP contribution in [0.15, 0.2) is 67.4 Å². The maximum absolute atomic E-state index is 14.7. The number of hydrogen-bond donors (Lipinski definition) is 4. The summed E-state index contributed by atoms with van der Waals surface area (Å²) in [6.45, 7) is 0. The molecule has 0 spiro atoms. The molecule has 7 rings (SSSR count). The van der Waals surface area contributed by atoms with E-state index < -0.39 is 21.0 Å². The van der Waals surface area contributed by atoms with Gasteiger partial charge in [0, 0.05) is 58.2 Å². The van der Waals surface area contributed by atoms with E-state index in [4.69, 9.17) is 5.73 Å². The van der Waals surface area contributed by atoms with Gasteiger partial charge in [-0.25, -0.2) is 17.8 Å². The maximum atomic E-state index is 14.7. The number of nitrogens with zero attached hydrogens (tertiary/aromatic N) is 4. The Balaban J connectivity index is 1.26. The maximum Gasteiger partial charge on any atom is 0.227 e. The lowest BCUT2D eigenvalue weighted by atomic mass is 9.85. The van der Waals surface area contributed by atoms with Crippen LogP contribution in [0.1, 0.15) is 30.2 Å². The van der Waals surface area contributed by atoms with Crippen LogP contribution in [0.5, 0.6) is 0 Å². The smallest absolute Gasteiger partial charge is 0.227 e. The van der Waals surface area contributed by atoms with E-state index in [9.17, 15) is 17.6 Å². The van der Waals surface area contributed by atoms with Crippen LogP contribution in [-0.4, -0.2) is 50.7 Å². The van der Waals surface area contributed by atoms with Gasteiger partial charge in [-0.1, -0.05) is 6.42 Å². The minimum absolute atomic E-state index is 0.0151. The van der Waals surface area contributed by atoms with E-state index in [0.717, 1.165) is 53.5 Å². The van der Waals surface area contributed by atoms with Gasteiger partial charge in [0.25, 0.3) is 0 Å². The number of amides is 1. The van der Waals surface area contributed by atoms with Gasteiger partial charge in [0.05, 0.1) is 29.3 Å². The van der Waals surface area contributed by atoms with Gasteiger partial charge in [0.1, 0.15) is 16.9 Å². The number of anilines is 1. The Labute approximate surface area is 251 Å². The first kappa shape index (κ1) is 27.8. The molecule has 0 aliphatic heterocycles. The van der Waals surface area contributed by atoms with Gasteiger partial charge < -0.3 is 16.0 Å². The average Bonchev–Trinajstić information content (AvgIpc) is 3.59. The van der Waals surface area contributed by atoms with Gasteiger partial charge in [0.15, 0.2) is 15.5 Å². The molecule has 222 valence electrons. The topological polar surface area (TPSA) is 172 Å². The number of aromatic amines is 2. The van der Waals surface area contributed by atoms with E-state index in [1.54, 1.807) is 37.1 Å². The number of hydrogen-bond acceptors (Lipinski definition) is 8. The molecule has 5 N–H and O–H groups in total. The number of pyridine rings is 3. The molecule has 1 saturated carbocycles. The highest BCUT2D eigenvalue weighted by Gasteiger charge is 2.25. The third-order valence-electron chi connectivity index (χ3n) is 8.05. The minimum Gasteiger partial charge on any atom is -0.352 e. The summed E-state index contributed by atoms with van der Waals surface area (Å²) in [7, 11) is -3.65. The van der Waals surface area contributed by atoms with Crippen molar-refractivity contribution in [3.05, 3.63) is 78.8 Å². The summed E-state index contributed by atoms with van der Waals surface area (Å²) in [4.78, 5) is 29.0. The van der Waals surface area contributed by atoms with Crippen LogP contribution in [-0.2, 0) is 14.6 Å². The third-order valence-corrected chi connectivity index (χ3v) is 9.25. The number of sulfone groups is 1. The lowest BCUT2D eigenvalue weighted by molar-refractivity contribution is -0.122. The van der Waals surface area contributed by atoms with Crippen molar-refractivity contribution in [2.75, 3.05) is 11.6 Å². The van der Waals surface area contributed by atoms with Crippen molar-refractivity contribution < 1.29 is 17.6 Å². The summed E-state index contributed by atoms with van der Waals surface area (Å²) in [6.07, 6.45) is 12.2. The first-order chi connectivity index (χ1) is 21.1. The molecule has 0 saturated heterocycles. The number of carbonyl (C=O) groups is 1. The molecule has 0 radical (unpaired) electrons. The molecule has 1 atom stereocenters. The number of nitrogens with two attached hydrogens (primary N) is 1. The number of rotatable bonds is 7. The Morgan fingerprint density at radius 3 is 2.55 bits per heavy atom. The van der Waals surface area contributed by atoms with Gasteiger partial charge in [-0.2, -0.15) is 5.10 Å². The number of carbonyl (C=O) groups excluding carboxylic acids is 1. The molecule has 5 aromatic heterocycles. The van der Waals surface area contributed by atoms with E-state index >= 15 is 0 Å². The quantitative estimate of drug-likeness (QED) is 0.193. The van der Waals surface area contributed by atoms with Gasteiger partial charge in [-0.3, -0.25) is 19.9 Å². The zero-order valence-corrected chi connectivity index (χ0v) is 24.3. The predicted octanol–water partition coefficient (Wildman–Crippen LogP) is 5.11. The van der Waals surface area contributed by atoms with Crippen molar-refractivity contribution >= 4 is 43.4 Å². The van der Waals surface area contributed by atoms with E-state index in [2.05, 4.69) is 35.5 Å². The molecule has 44 heavy (non-hydrogen) atoms. The van der Waals surface area contributed by atoms with Gasteiger partial charge in [-0.05, 0) is 60.4 Å². The third kappa shape index (κ3) is 5.09. The first-order valence-electron chi connectivity index (χ1n) is 14.0. The number of fused-ring (bicyclic) bond motifs is 2. The van der Waals surface area contributed by atoms with Crippen LogP contribution in [0.3, 0.4) is 0 Å². The Hall–Kier alpha value is -5.01. The van der Waals surface area contributed by atoms with Crippen LogP contribution >= 0.6 is 0 Å². The number of benzene rings is 1. The molecule has 0 bridgehead atoms. The highest BCUT2D eigenvalue weighted by Crippen LogP contribution is 2.36. The summed E-state index contributed by atoms with van der Waals surface area (Å²) >= 11 is 0. The fraction of sp³-hybridized carbons (Fsp3) is 0.194. The van der Waals surface area contributed by atoms with Crippen molar-refractivity contribution in [1.82, 2.24) is 30.1 Å². The summed E-state index contributed by atoms with van der Waals surface area (Å²) in [5.74, 6) is -0.533. The monoisotopic (exact) mass is 610 g/mol. The van der Waals surface area contributed by atoms with Crippen LogP contribution in [0.4, 0.5) is 10.1 Å². The second-order valence-electron chi connectivity index (χ2n) is 11.1. The van der Waals surface area contributed by atoms with Crippen molar-refractivity contribution in [3.63, 3.8) is 0 Å². The Morgan fingerprint density at radius 1 is 0.977 bits per heavy atom. The van der Waals surface area contributed by atoms with Crippen LogP contribution in [0, 0.1) is 11.7 Å². The normalized spacial score (nSPS) is 14.5. The highest BCUT2D eigenvalue weighted by molar-refractivity contribution is 7.90. The molecule has 13 heteroatoms. The molecule has 1 unspecified atom stereocenters. The lowest BCUT2D eigenvalue weighted by Gasteiger charge is -2.24. The van der Waals surface area contributed by atoms with Crippen molar-refractivity contribution in [2.24, 2.45) is 11.7 Å². The summed E-state index contributed by atoms with van der Waals surface area (Å²) in [5, 5.41) is 10.6. The summed E-state index contributed by atoms with van der Waals surface area (Å²) < 4.78 is 38.8. The van der Waals surface area contributed by atoms with Crippen LogP contribution in [0.2, 0.25) is 0 Å². The zero-order chi connectivity index (χ0) is 30.6. The van der Waals surface area contributed by atoms with Crippen molar-refractivity contribution in [3.8, 4) is 33.6 Å². The van der Waals surface area contributed by atoms with E-state index in [1.807, 2.05) is 18.2 Å². The summed E-state index contributed by atoms with van der Waals surface area (Å²) in [5.41, 5.74) is 11.8. The van der Waals surface area contributed by atoms with Crippen molar-refractivity contribution in [1.29, 1.82) is 0 Å². The molecule has 1 aliphatic rings. The average molecular weight is 611 g/mol. The van der Waals surface area contributed by atoms with Crippen molar-refractivity contribution in [2.45, 2.75) is 24.6 Å². The SMILES string of the molecule is CS(=O)(=O)C(N)c1cc(F)cc(-c2cncc3[nH]c(-c4n[nH]c5ncc(-c6cncc(NC(=O)C7CCC7)c6)cc45)cc23)c1. The standard InChI is InChI=1S/C31H27FN8O3S/c1-44(42,43)29(33)18-5-17(6-21(32)7-18)25-14-35-15-27-23(25)10-26(38-27)28-24-9-20(12-36-30(24)40-39-28)19-8-22(13-34-11-19)37-31(41)16-3-2-4-16/h5-16,29,38H,2-4,33H2,1H3,(H,37,41)(H,36,39,40). The molecule has 1 aromatic carbocycles. The second-order valence-corrected chi connectivity index (χ2v) is 13.3. The van der Waals surface area contributed by atoms with E-state index in [0.29, 0.717) is 39.4 Å². The highest BCUT2D eigenvalue weighted by atomic mass is 32.2. The van der Waals surface area contributed by atoms with Crippen LogP contribution in [0.25, 0.3) is 55.6 Å². The number of aromatic nitrogens is 6. The molecule has 6 aromatic rings. The molecule has 11 nitrogen and oxygen atoms in total. The predicted molar refractivity (Wildman–Crippen MR) is 165 cm³/mol. The lowest BCUT2D eigenvalue weighted by Crippen LogP contribution is -2.28. The molecule has 1 fully saturated rings. The number of halogens is 1. The molecule has 1 aliphatic carbocycles. The summed E-state index contributed by atoms with van der Waals surface area (Å²) in [6, 6.07) is 9.71. The number of H-pyrrole nitrogens is 2. The Bertz CT molecular complexity index is 2190. The first-order valence-corrected chi connectivity index (χ1v) is 15.9.